The van der Waals surface area contributed by atoms with Crippen LogP contribution in [-0.4, -0.2) is 27.0 Å². The van der Waals surface area contributed by atoms with E-state index in [1.165, 1.54) is 54.9 Å². The van der Waals surface area contributed by atoms with Crippen molar-refractivity contribution in [3.8, 4) is 73.0 Å². The molecule has 0 unspecified atom stereocenters. The van der Waals surface area contributed by atoms with Crippen molar-refractivity contribution in [2.45, 2.75) is 53.1 Å². The third kappa shape index (κ3) is 5.13. The topological polar surface area (TPSA) is 44.4 Å². The van der Waals surface area contributed by atoms with Crippen LogP contribution in [0, 0.1) is 13.8 Å². The summed E-state index contributed by atoms with van der Waals surface area (Å²) >= 11 is 0. The van der Waals surface area contributed by atoms with Crippen LogP contribution in [0.2, 0.25) is 13.1 Å². The highest BCUT2D eigenvalue weighted by Gasteiger charge is 2.41. The molecule has 0 spiro atoms. The average Bonchev–Trinajstić information content (AvgIpc) is 3.80. The Morgan fingerprint density at radius 2 is 1.19 bits per heavy atom. The molecule has 0 atom stereocenters. The number of hydrogen-bond donors (Lipinski definition) is 0. The number of para-hydroxylation sites is 4. The minimum Gasteiger partial charge on any atom is -0.457 e. The Bertz CT molecular complexity index is 3540. The van der Waals surface area contributed by atoms with Crippen LogP contribution < -0.4 is 15.1 Å². The van der Waals surface area contributed by atoms with Crippen molar-refractivity contribution in [3.63, 3.8) is 0 Å². The van der Waals surface area contributed by atoms with Gasteiger partial charge in [-0.05, 0) is 134 Å². The lowest BCUT2D eigenvalue weighted by Crippen LogP contribution is -2.56. The van der Waals surface area contributed by atoms with Crippen LogP contribution in [0.25, 0.3) is 89.3 Å². The van der Waals surface area contributed by atoms with Gasteiger partial charge in [-0.15, -0.1) is 0 Å². The molecule has 62 heavy (non-hydrogen) atoms. The third-order valence-electron chi connectivity index (χ3n) is 13.6. The molecule has 5 nitrogen and oxygen atoms in total. The van der Waals surface area contributed by atoms with Gasteiger partial charge in [-0.1, -0.05) is 125 Å². The molecule has 6 heteroatoms. The smallest absolute Gasteiger partial charge is 0.220 e. The Morgan fingerprint density at radius 1 is 0.565 bits per heavy atom. The second kappa shape index (κ2) is 13.0. The molecule has 3 aromatic heterocycles. The van der Waals surface area contributed by atoms with E-state index in [0.717, 1.165) is 73.0 Å². The molecular formula is C56H46N4OSi. The van der Waals surface area contributed by atoms with Gasteiger partial charge in [0.05, 0.1) is 33.4 Å². The van der Waals surface area contributed by atoms with Gasteiger partial charge in [-0.3, -0.25) is 14.0 Å². The summed E-state index contributed by atoms with van der Waals surface area (Å²) in [6, 6.07) is 53.4. The molecular weight excluding hydrogens is 773 g/mol. The largest absolute Gasteiger partial charge is 0.457 e. The van der Waals surface area contributed by atoms with E-state index >= 15 is 0 Å². The summed E-state index contributed by atoms with van der Waals surface area (Å²) < 4.78 is 12.1. The van der Waals surface area contributed by atoms with Crippen molar-refractivity contribution < 1.29 is 4.74 Å². The van der Waals surface area contributed by atoms with Gasteiger partial charge >= 0.3 is 0 Å². The Labute approximate surface area is 363 Å². The van der Waals surface area contributed by atoms with E-state index in [9.17, 15) is 0 Å². The Morgan fingerprint density at radius 3 is 1.95 bits per heavy atom. The molecule has 300 valence electrons. The van der Waals surface area contributed by atoms with Gasteiger partial charge in [0.2, 0.25) is 5.78 Å². The minimum absolute atomic E-state index is 0.236. The van der Waals surface area contributed by atoms with Crippen LogP contribution in [0.3, 0.4) is 0 Å². The lowest BCUT2D eigenvalue weighted by atomic mass is 9.75. The van der Waals surface area contributed by atoms with Gasteiger partial charge in [-0.25, -0.2) is 4.98 Å². The lowest BCUT2D eigenvalue weighted by molar-refractivity contribution is 0.487. The highest BCUT2D eigenvalue weighted by Crippen LogP contribution is 2.52. The molecule has 0 amide bonds. The first-order valence-corrected chi connectivity index (χ1v) is 24.7. The maximum Gasteiger partial charge on any atom is 0.220 e. The number of rotatable bonds is 2. The molecule has 0 bridgehead atoms. The fourth-order valence-corrected chi connectivity index (χ4v) is 13.3. The quantitative estimate of drug-likeness (QED) is 0.163. The van der Waals surface area contributed by atoms with Gasteiger partial charge in [0.1, 0.15) is 19.6 Å². The van der Waals surface area contributed by atoms with Crippen LogP contribution in [0.1, 0.15) is 37.5 Å². The van der Waals surface area contributed by atoms with Crippen LogP contribution in [0.5, 0.6) is 11.5 Å². The first kappa shape index (κ1) is 36.8. The molecule has 0 saturated carbocycles. The second-order valence-electron chi connectivity index (χ2n) is 18.7. The standard InChI is InChI=1S/C56H46N4OSi/c1-33-26-27-50-49(29-33)61-54-51(62(50,6)7)32-48(60-47-25-15-14-24-46(47)59-45-23-13-12-22-44(45)58-55(59)60)34(2)52(54)42-30-40-37-19-10-11-20-38(37)53-39(21-16-28-57-53)35-17-8-9-18-36(35)41(40)31-43(42)56(3,4)5/h8-32H,1-7H3. The van der Waals surface area contributed by atoms with Gasteiger partial charge in [0, 0.05) is 22.9 Å². The van der Waals surface area contributed by atoms with E-state index in [-0.39, 0.29) is 5.41 Å². The summed E-state index contributed by atoms with van der Waals surface area (Å²) in [6.07, 6.45) is 1.92. The summed E-state index contributed by atoms with van der Waals surface area (Å²) in [7, 11) is -2.38. The summed E-state index contributed by atoms with van der Waals surface area (Å²) in [5.41, 5.74) is 20.4. The van der Waals surface area contributed by atoms with Crippen molar-refractivity contribution in [1.29, 1.82) is 0 Å². The van der Waals surface area contributed by atoms with Crippen LogP contribution in [0.15, 0.2) is 152 Å². The Kier molecular flexibility index (Phi) is 7.71. The zero-order valence-electron chi connectivity index (χ0n) is 36.1. The van der Waals surface area contributed by atoms with Crippen molar-refractivity contribution >= 4 is 46.3 Å². The molecule has 0 saturated heterocycles. The second-order valence-corrected chi connectivity index (χ2v) is 23.1. The maximum absolute atomic E-state index is 7.38. The summed E-state index contributed by atoms with van der Waals surface area (Å²) in [6.45, 7) is 16.5. The maximum atomic E-state index is 7.38. The summed E-state index contributed by atoms with van der Waals surface area (Å²) in [4.78, 5) is 10.4. The van der Waals surface area contributed by atoms with Gasteiger partial charge in [0.25, 0.3) is 0 Å². The molecule has 7 aromatic carbocycles. The van der Waals surface area contributed by atoms with Gasteiger partial charge in [0.15, 0.2) is 0 Å². The number of fused-ring (bicyclic) bond motifs is 15. The van der Waals surface area contributed by atoms with Crippen LogP contribution >= 0.6 is 0 Å². The van der Waals surface area contributed by atoms with E-state index in [4.69, 9.17) is 14.7 Å². The molecule has 4 heterocycles. The molecule has 0 fully saturated rings. The molecule has 1 aliphatic heterocycles. The summed E-state index contributed by atoms with van der Waals surface area (Å²) in [5.74, 6) is 2.85. The van der Waals surface area contributed by atoms with Crippen molar-refractivity contribution in [1.82, 2.24) is 18.9 Å². The normalized spacial score (nSPS) is 13.7. The zero-order valence-corrected chi connectivity index (χ0v) is 37.1. The number of nitrogens with zero attached hydrogens (tertiary/aromatic N) is 4. The molecule has 10 aromatic rings. The number of hydrogen-bond acceptors (Lipinski definition) is 3. The van der Waals surface area contributed by atoms with Gasteiger partial charge < -0.3 is 4.74 Å². The van der Waals surface area contributed by atoms with Crippen molar-refractivity contribution in [3.05, 3.63) is 168 Å². The van der Waals surface area contributed by atoms with E-state index < -0.39 is 8.07 Å². The number of imidazole rings is 2. The highest BCUT2D eigenvalue weighted by molar-refractivity contribution is 7.01. The predicted octanol–water partition coefficient (Wildman–Crippen LogP) is 13.3. The highest BCUT2D eigenvalue weighted by atomic mass is 28.3. The fourth-order valence-electron chi connectivity index (χ4n) is 10.5. The number of aryl methyl sites for hydroxylation is 1. The average molecular weight is 819 g/mol. The lowest BCUT2D eigenvalue weighted by Gasteiger charge is -2.37. The van der Waals surface area contributed by atoms with Gasteiger partial charge in [-0.2, -0.15) is 0 Å². The SMILES string of the molecule is Cc1ccc2c(c1)Oc1c(cc(-n3c4ccccc4n4c5ccccc5nc34)c(C)c1-c1cc3c(cc1C(C)(C)C)-c1ccccc1-c1cccnc1-c1ccccc1-3)[Si]2(C)C. The Balaban J connectivity index is 1.25. The number of aromatic nitrogens is 4. The van der Waals surface area contributed by atoms with Crippen molar-refractivity contribution in [2.75, 3.05) is 0 Å². The first-order chi connectivity index (χ1) is 30.0. The van der Waals surface area contributed by atoms with E-state index in [0.29, 0.717) is 0 Å². The first-order valence-electron chi connectivity index (χ1n) is 21.7. The molecule has 1 aliphatic carbocycles. The Hall–Kier alpha value is -7.02. The fraction of sp³-hybridized carbons (Fsp3) is 0.143. The number of ether oxygens (including phenoxy) is 1. The third-order valence-corrected chi connectivity index (χ3v) is 17.1. The predicted molar refractivity (Wildman–Crippen MR) is 260 cm³/mol. The van der Waals surface area contributed by atoms with E-state index in [1.54, 1.807) is 0 Å². The zero-order chi connectivity index (χ0) is 42.2. The van der Waals surface area contributed by atoms with E-state index in [2.05, 4.69) is 202 Å². The molecule has 2 aliphatic rings. The summed E-state index contributed by atoms with van der Waals surface area (Å²) in [5, 5.41) is 2.60. The van der Waals surface area contributed by atoms with E-state index in [1.807, 2.05) is 6.20 Å². The molecule has 12 rings (SSSR count). The number of pyridine rings is 1. The number of benzene rings is 7. The minimum atomic E-state index is -2.38. The molecule has 0 N–H and O–H groups in total. The van der Waals surface area contributed by atoms with Crippen LogP contribution in [-0.2, 0) is 5.41 Å². The van der Waals surface area contributed by atoms with Crippen LogP contribution in [0.4, 0.5) is 0 Å². The molecule has 0 radical (unpaired) electrons. The van der Waals surface area contributed by atoms with Crippen molar-refractivity contribution in [2.24, 2.45) is 0 Å². The monoisotopic (exact) mass is 818 g/mol.